The average molecular weight is 380 g/mol. The molecule has 3 aromatic rings. The van der Waals surface area contributed by atoms with Crippen molar-refractivity contribution in [2.45, 2.75) is 26.3 Å². The van der Waals surface area contributed by atoms with Gasteiger partial charge in [0.05, 0.1) is 6.54 Å². The Kier molecular flexibility index (Phi) is 4.84. The molecule has 2 heterocycles. The zero-order chi connectivity index (χ0) is 19.5. The summed E-state index contributed by atoms with van der Waals surface area (Å²) in [6.07, 6.45) is 0. The smallest absolute Gasteiger partial charge is 0.319 e. The SMILES string of the molecule is CC(C)c1ccc(NC(=O)NCc2nc(-c3ccc4c(c3)OCO4)no2)cc1. The van der Waals surface area contributed by atoms with E-state index in [1.807, 2.05) is 30.3 Å². The van der Waals surface area contributed by atoms with Crippen molar-refractivity contribution >= 4 is 11.7 Å². The zero-order valence-corrected chi connectivity index (χ0v) is 15.6. The molecule has 0 atom stereocenters. The number of carbonyl (C=O) groups excluding carboxylic acids is 1. The molecule has 1 aliphatic heterocycles. The molecule has 2 aromatic carbocycles. The largest absolute Gasteiger partial charge is 0.454 e. The van der Waals surface area contributed by atoms with Gasteiger partial charge in [-0.1, -0.05) is 31.1 Å². The summed E-state index contributed by atoms with van der Waals surface area (Å²) in [6, 6.07) is 12.8. The van der Waals surface area contributed by atoms with E-state index in [4.69, 9.17) is 14.0 Å². The van der Waals surface area contributed by atoms with Gasteiger partial charge in [-0.25, -0.2) is 4.79 Å². The molecule has 144 valence electrons. The number of hydrogen-bond donors (Lipinski definition) is 2. The minimum atomic E-state index is -0.347. The Balaban J connectivity index is 1.33. The summed E-state index contributed by atoms with van der Waals surface area (Å²) in [6.45, 7) is 4.57. The number of ether oxygens (including phenoxy) is 2. The zero-order valence-electron chi connectivity index (χ0n) is 15.6. The first-order chi connectivity index (χ1) is 13.6. The van der Waals surface area contributed by atoms with Crippen LogP contribution in [0.15, 0.2) is 47.0 Å². The number of fused-ring (bicyclic) bond motifs is 1. The third-order valence-electron chi connectivity index (χ3n) is 4.33. The van der Waals surface area contributed by atoms with Crippen molar-refractivity contribution in [3.05, 3.63) is 53.9 Å². The first-order valence-electron chi connectivity index (χ1n) is 8.96. The summed E-state index contributed by atoms with van der Waals surface area (Å²) in [5.41, 5.74) is 2.68. The number of benzene rings is 2. The summed E-state index contributed by atoms with van der Waals surface area (Å²) in [5.74, 6) is 2.49. The maximum absolute atomic E-state index is 12.1. The van der Waals surface area contributed by atoms with Crippen LogP contribution in [0, 0.1) is 0 Å². The number of carbonyl (C=O) groups is 1. The van der Waals surface area contributed by atoms with E-state index in [0.29, 0.717) is 34.8 Å². The van der Waals surface area contributed by atoms with Gasteiger partial charge in [-0.3, -0.25) is 0 Å². The number of nitrogens with zero attached hydrogens (tertiary/aromatic N) is 2. The van der Waals surface area contributed by atoms with Crippen LogP contribution in [0.1, 0.15) is 31.2 Å². The molecule has 0 unspecified atom stereocenters. The van der Waals surface area contributed by atoms with E-state index in [1.54, 1.807) is 12.1 Å². The Bertz CT molecular complexity index is 982. The van der Waals surface area contributed by atoms with Crippen molar-refractivity contribution < 1.29 is 18.8 Å². The summed E-state index contributed by atoms with van der Waals surface area (Å²) in [5, 5.41) is 9.42. The van der Waals surface area contributed by atoms with Crippen LogP contribution in [0.2, 0.25) is 0 Å². The van der Waals surface area contributed by atoms with E-state index >= 15 is 0 Å². The van der Waals surface area contributed by atoms with E-state index in [-0.39, 0.29) is 19.4 Å². The molecule has 2 amide bonds. The highest BCUT2D eigenvalue weighted by Crippen LogP contribution is 2.35. The van der Waals surface area contributed by atoms with Gasteiger partial charge in [0.2, 0.25) is 18.5 Å². The molecule has 8 heteroatoms. The molecule has 0 bridgehead atoms. The number of aromatic nitrogens is 2. The molecule has 0 radical (unpaired) electrons. The van der Waals surface area contributed by atoms with Gasteiger partial charge in [0, 0.05) is 11.3 Å². The molecule has 0 fully saturated rings. The molecular formula is C20H20N4O4. The minimum absolute atomic E-state index is 0.119. The standard InChI is InChI=1S/C20H20N4O4/c1-12(2)13-3-6-15(7-4-13)22-20(25)21-10-18-23-19(24-28-18)14-5-8-16-17(9-14)27-11-26-16/h3-9,12H,10-11H2,1-2H3,(H2,21,22,25). The van der Waals surface area contributed by atoms with E-state index in [1.165, 1.54) is 5.56 Å². The van der Waals surface area contributed by atoms with Crippen molar-refractivity contribution in [3.63, 3.8) is 0 Å². The molecule has 0 saturated carbocycles. The molecule has 4 rings (SSSR count). The second-order valence-corrected chi connectivity index (χ2v) is 6.66. The Hall–Kier alpha value is -3.55. The highest BCUT2D eigenvalue weighted by Gasteiger charge is 2.16. The number of amides is 2. The van der Waals surface area contributed by atoms with E-state index < -0.39 is 0 Å². The van der Waals surface area contributed by atoms with Crippen molar-refractivity contribution in [1.29, 1.82) is 0 Å². The Morgan fingerprint density at radius 2 is 1.89 bits per heavy atom. The van der Waals surface area contributed by atoms with Crippen molar-refractivity contribution in [1.82, 2.24) is 15.5 Å². The fraction of sp³-hybridized carbons (Fsp3) is 0.250. The van der Waals surface area contributed by atoms with Crippen LogP contribution in [-0.2, 0) is 6.54 Å². The fourth-order valence-electron chi connectivity index (χ4n) is 2.76. The predicted octanol–water partition coefficient (Wildman–Crippen LogP) is 3.91. The molecule has 28 heavy (non-hydrogen) atoms. The van der Waals surface area contributed by atoms with Crippen LogP contribution >= 0.6 is 0 Å². The number of nitrogens with one attached hydrogen (secondary N) is 2. The van der Waals surface area contributed by atoms with E-state index in [9.17, 15) is 4.79 Å². The predicted molar refractivity (Wildman–Crippen MR) is 102 cm³/mol. The third-order valence-corrected chi connectivity index (χ3v) is 4.33. The Morgan fingerprint density at radius 1 is 1.11 bits per heavy atom. The van der Waals surface area contributed by atoms with Crippen molar-refractivity contribution in [2.24, 2.45) is 0 Å². The lowest BCUT2D eigenvalue weighted by molar-refractivity contribution is 0.174. The van der Waals surface area contributed by atoms with Gasteiger partial charge in [-0.05, 0) is 41.8 Å². The van der Waals surface area contributed by atoms with Gasteiger partial charge >= 0.3 is 6.03 Å². The van der Waals surface area contributed by atoms with Crippen molar-refractivity contribution in [3.8, 4) is 22.9 Å². The first-order valence-corrected chi connectivity index (χ1v) is 8.96. The van der Waals surface area contributed by atoms with Gasteiger partial charge < -0.3 is 24.6 Å². The Labute approximate surface area is 161 Å². The molecule has 2 N–H and O–H groups in total. The summed E-state index contributed by atoms with van der Waals surface area (Å²) in [4.78, 5) is 16.4. The summed E-state index contributed by atoms with van der Waals surface area (Å²) >= 11 is 0. The lowest BCUT2D eigenvalue weighted by Crippen LogP contribution is -2.28. The van der Waals surface area contributed by atoms with Crippen LogP contribution < -0.4 is 20.1 Å². The van der Waals surface area contributed by atoms with Crippen LogP contribution in [0.4, 0.5) is 10.5 Å². The molecule has 0 aliphatic carbocycles. The van der Waals surface area contributed by atoms with Gasteiger partial charge in [0.25, 0.3) is 0 Å². The van der Waals surface area contributed by atoms with Crippen LogP contribution in [0.3, 0.4) is 0 Å². The molecule has 1 aromatic heterocycles. The van der Waals surface area contributed by atoms with Crippen LogP contribution in [-0.4, -0.2) is 23.0 Å². The lowest BCUT2D eigenvalue weighted by Gasteiger charge is -2.08. The molecule has 8 nitrogen and oxygen atoms in total. The number of anilines is 1. The second kappa shape index (κ2) is 7.59. The van der Waals surface area contributed by atoms with Gasteiger partial charge in [0.15, 0.2) is 11.5 Å². The second-order valence-electron chi connectivity index (χ2n) is 6.66. The Morgan fingerprint density at radius 3 is 2.68 bits per heavy atom. The number of rotatable bonds is 5. The number of urea groups is 1. The molecule has 0 spiro atoms. The topological polar surface area (TPSA) is 98.5 Å². The summed E-state index contributed by atoms with van der Waals surface area (Å²) in [7, 11) is 0. The highest BCUT2D eigenvalue weighted by molar-refractivity contribution is 5.89. The monoisotopic (exact) mass is 380 g/mol. The average Bonchev–Trinajstić information content (AvgIpc) is 3.35. The normalized spacial score (nSPS) is 12.2. The molecule has 0 saturated heterocycles. The molecular weight excluding hydrogens is 360 g/mol. The van der Waals surface area contributed by atoms with Gasteiger partial charge in [-0.2, -0.15) is 4.98 Å². The lowest BCUT2D eigenvalue weighted by atomic mass is 10.0. The van der Waals surface area contributed by atoms with Gasteiger partial charge in [-0.15, -0.1) is 0 Å². The van der Waals surface area contributed by atoms with Crippen LogP contribution in [0.25, 0.3) is 11.4 Å². The summed E-state index contributed by atoms with van der Waals surface area (Å²) < 4.78 is 15.8. The molecule has 1 aliphatic rings. The highest BCUT2D eigenvalue weighted by atomic mass is 16.7. The first kappa shape index (κ1) is 17.8. The third kappa shape index (κ3) is 3.90. The maximum atomic E-state index is 12.1. The van der Waals surface area contributed by atoms with E-state index in [0.717, 1.165) is 5.56 Å². The van der Waals surface area contributed by atoms with Gasteiger partial charge in [0.1, 0.15) is 0 Å². The minimum Gasteiger partial charge on any atom is -0.454 e. The van der Waals surface area contributed by atoms with Crippen molar-refractivity contribution in [2.75, 3.05) is 12.1 Å². The number of hydrogen-bond acceptors (Lipinski definition) is 6. The maximum Gasteiger partial charge on any atom is 0.319 e. The quantitative estimate of drug-likeness (QED) is 0.696. The fourth-order valence-corrected chi connectivity index (χ4v) is 2.76. The van der Waals surface area contributed by atoms with Crippen LogP contribution in [0.5, 0.6) is 11.5 Å². The van der Waals surface area contributed by atoms with E-state index in [2.05, 4.69) is 34.6 Å².